The lowest BCUT2D eigenvalue weighted by atomic mass is 10.7. The van der Waals surface area contributed by atoms with Gasteiger partial charge in [-0.2, -0.15) is 4.79 Å². The monoisotopic (exact) mass is 99.0 g/mol. The predicted molar refractivity (Wildman–Crippen MR) is 24.0 cm³/mol. The topological polar surface area (TPSA) is 64.1 Å². The van der Waals surface area contributed by atoms with Crippen molar-refractivity contribution < 1.29 is 5.11 Å². The van der Waals surface area contributed by atoms with E-state index in [2.05, 4.69) is 5.10 Å². The van der Waals surface area contributed by atoms with Crippen molar-refractivity contribution in [3.8, 4) is 5.88 Å². The number of nitrogens with zero attached hydrogens (tertiary/aromatic N) is 2. The molecule has 0 atom stereocenters. The predicted octanol–water partition coefficient (Wildman–Crippen LogP) is -0.698. The first kappa shape index (κ1) is 3.98. The molecule has 4 nitrogen and oxygen atoms in total. The Hall–Kier alpha value is -1.19. The minimum absolute atomic E-state index is 0.0532. The van der Waals surface area contributed by atoms with E-state index < -0.39 is 0 Å². The summed E-state index contributed by atoms with van der Waals surface area (Å²) in [4.78, 5) is 1.04. The highest BCUT2D eigenvalue weighted by atomic mass is 16.3. The zero-order valence-corrected chi connectivity index (χ0v) is 3.57. The van der Waals surface area contributed by atoms with Crippen LogP contribution in [0.2, 0.25) is 0 Å². The normalized spacial score (nSPS) is 9.14. The van der Waals surface area contributed by atoms with E-state index in [9.17, 15) is 0 Å². The fourth-order valence-corrected chi connectivity index (χ4v) is 0.328. The molecule has 1 aromatic rings. The lowest BCUT2D eigenvalue weighted by Gasteiger charge is -1.80. The van der Waals surface area contributed by atoms with Gasteiger partial charge in [-0.25, -0.2) is 0 Å². The summed E-state index contributed by atoms with van der Waals surface area (Å²) < 4.78 is 0. The molecule has 7 heavy (non-hydrogen) atoms. The van der Waals surface area contributed by atoms with Gasteiger partial charge >= 0.3 is 0 Å². The maximum absolute atomic E-state index is 8.44. The molecule has 1 aromatic heterocycles. The van der Waals surface area contributed by atoms with E-state index in [0.717, 1.165) is 4.79 Å². The molecule has 4 heteroatoms. The van der Waals surface area contributed by atoms with Crippen LogP contribution in [0.25, 0.3) is 0 Å². The van der Waals surface area contributed by atoms with Gasteiger partial charge in [-0.05, 0) is 0 Å². The van der Waals surface area contributed by atoms with Crippen molar-refractivity contribution in [2.75, 3.05) is 5.84 Å². The van der Waals surface area contributed by atoms with Crippen molar-refractivity contribution in [3.63, 3.8) is 0 Å². The summed E-state index contributed by atoms with van der Waals surface area (Å²) in [7, 11) is 0. The molecule has 0 saturated carbocycles. The number of aromatic nitrogens is 2. The van der Waals surface area contributed by atoms with E-state index in [0.29, 0.717) is 0 Å². The standard InChI is InChI=1S/C3H5N3O/c4-6-2-1-3(7)5-6/h1-2H,4H2,(H,5,7). The lowest BCUT2D eigenvalue weighted by Crippen LogP contribution is -2.06. The van der Waals surface area contributed by atoms with Crippen LogP contribution in [0.15, 0.2) is 12.3 Å². The van der Waals surface area contributed by atoms with Crippen molar-refractivity contribution in [1.82, 2.24) is 9.89 Å². The minimum atomic E-state index is -0.0532. The Bertz CT molecular complexity index is 142. The van der Waals surface area contributed by atoms with Gasteiger partial charge in [-0.15, -0.1) is 5.10 Å². The first-order valence-corrected chi connectivity index (χ1v) is 1.79. The summed E-state index contributed by atoms with van der Waals surface area (Å²) >= 11 is 0. The number of nitrogens with two attached hydrogens (primary N) is 1. The molecule has 0 bridgehead atoms. The molecule has 1 rings (SSSR count). The third-order valence-electron chi connectivity index (χ3n) is 0.594. The molecule has 0 aliphatic rings. The molecular formula is C3H5N3O. The second kappa shape index (κ2) is 1.14. The molecule has 0 unspecified atom stereocenters. The smallest absolute Gasteiger partial charge is 0.232 e. The maximum atomic E-state index is 8.44. The maximum Gasteiger partial charge on any atom is 0.232 e. The molecule has 0 amide bonds. The highest BCUT2D eigenvalue weighted by Gasteiger charge is 1.85. The van der Waals surface area contributed by atoms with Gasteiger partial charge < -0.3 is 10.9 Å². The Morgan fingerprint density at radius 3 is 2.71 bits per heavy atom. The van der Waals surface area contributed by atoms with Crippen LogP contribution in [0.5, 0.6) is 5.88 Å². The Morgan fingerprint density at radius 2 is 2.57 bits per heavy atom. The van der Waals surface area contributed by atoms with E-state index in [4.69, 9.17) is 10.9 Å². The molecule has 1 heterocycles. The van der Waals surface area contributed by atoms with Crippen LogP contribution < -0.4 is 5.84 Å². The van der Waals surface area contributed by atoms with Crippen molar-refractivity contribution in [2.24, 2.45) is 0 Å². The van der Waals surface area contributed by atoms with Crippen LogP contribution in [-0.4, -0.2) is 15.0 Å². The average molecular weight is 99.1 g/mol. The first-order valence-electron chi connectivity index (χ1n) is 1.79. The van der Waals surface area contributed by atoms with E-state index in [-0.39, 0.29) is 5.88 Å². The Morgan fingerprint density at radius 1 is 1.86 bits per heavy atom. The third kappa shape index (κ3) is 0.623. The molecule has 0 spiro atoms. The molecule has 0 aliphatic heterocycles. The summed E-state index contributed by atoms with van der Waals surface area (Å²) in [6.45, 7) is 0. The summed E-state index contributed by atoms with van der Waals surface area (Å²) in [5.74, 6) is 4.97. The number of aromatic hydroxyl groups is 1. The van der Waals surface area contributed by atoms with Crippen LogP contribution in [0.4, 0.5) is 0 Å². The summed E-state index contributed by atoms with van der Waals surface area (Å²) in [6.07, 6.45) is 1.45. The van der Waals surface area contributed by atoms with Crippen molar-refractivity contribution >= 4 is 0 Å². The fraction of sp³-hybridized carbons (Fsp3) is 0. The van der Waals surface area contributed by atoms with Crippen molar-refractivity contribution in [3.05, 3.63) is 12.3 Å². The van der Waals surface area contributed by atoms with Gasteiger partial charge in [0.15, 0.2) is 0 Å². The number of rotatable bonds is 0. The van der Waals surface area contributed by atoms with Gasteiger partial charge in [0.2, 0.25) is 5.88 Å². The summed E-state index contributed by atoms with van der Waals surface area (Å²) in [5, 5.41) is 11.8. The lowest BCUT2D eigenvalue weighted by molar-refractivity contribution is 0.446. The van der Waals surface area contributed by atoms with E-state index in [1.54, 1.807) is 0 Å². The van der Waals surface area contributed by atoms with Gasteiger partial charge in [0.25, 0.3) is 0 Å². The van der Waals surface area contributed by atoms with Gasteiger partial charge in [0.1, 0.15) is 0 Å². The van der Waals surface area contributed by atoms with Crippen LogP contribution in [0.1, 0.15) is 0 Å². The second-order valence-electron chi connectivity index (χ2n) is 1.15. The van der Waals surface area contributed by atoms with Gasteiger partial charge in [-0.3, -0.25) is 0 Å². The van der Waals surface area contributed by atoms with Crippen molar-refractivity contribution in [2.45, 2.75) is 0 Å². The zero-order chi connectivity index (χ0) is 5.28. The molecule has 0 aliphatic carbocycles. The van der Waals surface area contributed by atoms with Gasteiger partial charge in [0.05, 0.1) is 6.20 Å². The summed E-state index contributed by atoms with van der Waals surface area (Å²) in [5.41, 5.74) is 0. The Labute approximate surface area is 40.1 Å². The summed E-state index contributed by atoms with van der Waals surface area (Å²) in [6, 6.07) is 1.40. The fourth-order valence-electron chi connectivity index (χ4n) is 0.328. The highest BCUT2D eigenvalue weighted by molar-refractivity contribution is 5.01. The van der Waals surface area contributed by atoms with E-state index >= 15 is 0 Å². The van der Waals surface area contributed by atoms with Crippen LogP contribution in [-0.2, 0) is 0 Å². The molecule has 38 valence electrons. The highest BCUT2D eigenvalue weighted by Crippen LogP contribution is 1.96. The van der Waals surface area contributed by atoms with E-state index in [1.165, 1.54) is 12.3 Å². The number of hydrogen-bond donors (Lipinski definition) is 2. The molecule has 0 fully saturated rings. The molecule has 0 aromatic carbocycles. The quantitative estimate of drug-likeness (QED) is 0.423. The van der Waals surface area contributed by atoms with Crippen LogP contribution in [0, 0.1) is 0 Å². The van der Waals surface area contributed by atoms with Gasteiger partial charge in [-0.1, -0.05) is 0 Å². The number of nitrogen functional groups attached to an aromatic ring is 1. The average Bonchev–Trinajstić information content (AvgIpc) is 1.87. The SMILES string of the molecule is Nn1ccc(O)n1. The Kier molecular flexibility index (Phi) is 0.651. The molecular weight excluding hydrogens is 94.1 g/mol. The third-order valence-corrected chi connectivity index (χ3v) is 0.594. The minimum Gasteiger partial charge on any atom is -0.492 e. The zero-order valence-electron chi connectivity index (χ0n) is 3.57. The molecule has 3 N–H and O–H groups in total. The van der Waals surface area contributed by atoms with Gasteiger partial charge in [0, 0.05) is 6.07 Å². The Balaban J connectivity index is 3.04. The van der Waals surface area contributed by atoms with Crippen LogP contribution >= 0.6 is 0 Å². The number of hydrogen-bond acceptors (Lipinski definition) is 3. The first-order chi connectivity index (χ1) is 3.29. The van der Waals surface area contributed by atoms with E-state index in [1.807, 2.05) is 0 Å². The molecule has 0 saturated heterocycles. The largest absolute Gasteiger partial charge is 0.492 e. The second-order valence-corrected chi connectivity index (χ2v) is 1.15. The van der Waals surface area contributed by atoms with Crippen molar-refractivity contribution in [1.29, 1.82) is 0 Å². The molecule has 0 radical (unpaired) electrons. The van der Waals surface area contributed by atoms with Crippen LogP contribution in [0.3, 0.4) is 0 Å².